The molecule has 4 nitrogen and oxygen atoms in total. The maximum absolute atomic E-state index is 12.7. The summed E-state index contributed by atoms with van der Waals surface area (Å²) < 4.78 is 0. The monoisotopic (exact) mass is 275 g/mol. The first-order valence-electron chi connectivity index (χ1n) is 7.74. The minimum Gasteiger partial charge on any atom is -0.336 e. The molecule has 20 heavy (non-hydrogen) atoms. The van der Waals surface area contributed by atoms with Crippen molar-refractivity contribution in [2.24, 2.45) is 5.73 Å². The van der Waals surface area contributed by atoms with E-state index < -0.39 is 0 Å². The number of carbonyl (C=O) groups is 1. The van der Waals surface area contributed by atoms with Crippen molar-refractivity contribution in [3.05, 3.63) is 30.1 Å². The van der Waals surface area contributed by atoms with E-state index in [0.717, 1.165) is 31.4 Å². The maximum Gasteiger partial charge on any atom is 0.254 e. The highest BCUT2D eigenvalue weighted by Gasteiger charge is 2.24. The molecule has 1 aliphatic carbocycles. The lowest BCUT2D eigenvalue weighted by Gasteiger charge is -2.31. The van der Waals surface area contributed by atoms with E-state index in [2.05, 4.69) is 4.98 Å². The molecule has 1 aliphatic rings. The molecule has 1 saturated carbocycles. The van der Waals surface area contributed by atoms with Crippen LogP contribution in [0.5, 0.6) is 0 Å². The topological polar surface area (TPSA) is 59.2 Å². The molecule has 1 aromatic heterocycles. The van der Waals surface area contributed by atoms with Crippen LogP contribution < -0.4 is 5.73 Å². The molecule has 0 bridgehead atoms. The van der Waals surface area contributed by atoms with E-state index in [0.29, 0.717) is 12.6 Å². The molecule has 0 atom stereocenters. The van der Waals surface area contributed by atoms with Crippen LogP contribution in [0, 0.1) is 0 Å². The highest BCUT2D eigenvalue weighted by atomic mass is 16.2. The van der Waals surface area contributed by atoms with Crippen LogP contribution in [0.1, 0.15) is 55.3 Å². The predicted molar refractivity (Wildman–Crippen MR) is 80.4 cm³/mol. The number of carbonyl (C=O) groups excluding carboxylic acids is 1. The van der Waals surface area contributed by atoms with Gasteiger partial charge in [0.1, 0.15) is 0 Å². The van der Waals surface area contributed by atoms with Crippen LogP contribution in [0.4, 0.5) is 0 Å². The first-order valence-corrected chi connectivity index (χ1v) is 7.74. The summed E-state index contributed by atoms with van der Waals surface area (Å²) in [4.78, 5) is 18.8. The fourth-order valence-corrected chi connectivity index (χ4v) is 2.94. The Morgan fingerprint density at radius 3 is 2.45 bits per heavy atom. The Morgan fingerprint density at radius 2 is 1.85 bits per heavy atom. The van der Waals surface area contributed by atoms with Gasteiger partial charge >= 0.3 is 0 Å². The molecule has 1 fully saturated rings. The average Bonchev–Trinajstić information content (AvgIpc) is 2.77. The molecule has 0 spiro atoms. The van der Waals surface area contributed by atoms with Gasteiger partial charge in [0.05, 0.1) is 0 Å². The minimum absolute atomic E-state index is 0.132. The van der Waals surface area contributed by atoms with E-state index in [4.69, 9.17) is 5.73 Å². The summed E-state index contributed by atoms with van der Waals surface area (Å²) >= 11 is 0. The molecule has 110 valence electrons. The predicted octanol–water partition coefficient (Wildman–Crippen LogP) is 2.60. The molecule has 0 unspecified atom stereocenters. The lowest BCUT2D eigenvalue weighted by molar-refractivity contribution is 0.0659. The second-order valence-electron chi connectivity index (χ2n) is 5.52. The number of hydrogen-bond acceptors (Lipinski definition) is 3. The third kappa shape index (κ3) is 4.04. The van der Waals surface area contributed by atoms with Crippen LogP contribution in [0.25, 0.3) is 0 Å². The first-order chi connectivity index (χ1) is 9.83. The van der Waals surface area contributed by atoms with Gasteiger partial charge in [-0.05, 0) is 37.9 Å². The third-order valence-electron chi connectivity index (χ3n) is 4.06. The quantitative estimate of drug-likeness (QED) is 0.840. The van der Waals surface area contributed by atoms with Crippen LogP contribution in [0.3, 0.4) is 0 Å². The summed E-state index contributed by atoms with van der Waals surface area (Å²) in [6.45, 7) is 1.40. The van der Waals surface area contributed by atoms with E-state index in [1.54, 1.807) is 24.5 Å². The van der Waals surface area contributed by atoms with E-state index in [9.17, 15) is 4.79 Å². The van der Waals surface area contributed by atoms with Crippen molar-refractivity contribution in [3.63, 3.8) is 0 Å². The molecule has 1 amide bonds. The first kappa shape index (κ1) is 15.0. The molecule has 0 radical (unpaired) electrons. The fraction of sp³-hybridized carbons (Fsp3) is 0.625. The SMILES string of the molecule is NCCCN(C(=O)c1ccncc1)C1CCCCCC1. The van der Waals surface area contributed by atoms with Crippen molar-refractivity contribution >= 4 is 5.91 Å². The minimum atomic E-state index is 0.132. The number of pyridine rings is 1. The normalized spacial score (nSPS) is 16.6. The van der Waals surface area contributed by atoms with Gasteiger partial charge in [0.25, 0.3) is 5.91 Å². The van der Waals surface area contributed by atoms with Crippen molar-refractivity contribution in [1.82, 2.24) is 9.88 Å². The van der Waals surface area contributed by atoms with Crippen molar-refractivity contribution in [3.8, 4) is 0 Å². The van der Waals surface area contributed by atoms with Gasteiger partial charge in [-0.1, -0.05) is 25.7 Å². The van der Waals surface area contributed by atoms with Gasteiger partial charge in [-0.15, -0.1) is 0 Å². The van der Waals surface area contributed by atoms with Crippen molar-refractivity contribution < 1.29 is 4.79 Å². The highest BCUT2D eigenvalue weighted by Crippen LogP contribution is 2.23. The molecule has 0 saturated heterocycles. The molecule has 1 heterocycles. The van der Waals surface area contributed by atoms with Gasteiger partial charge in [-0.2, -0.15) is 0 Å². The van der Waals surface area contributed by atoms with Gasteiger partial charge in [0.2, 0.25) is 0 Å². The highest BCUT2D eigenvalue weighted by molar-refractivity contribution is 5.94. The zero-order valence-electron chi connectivity index (χ0n) is 12.1. The van der Waals surface area contributed by atoms with Crippen LogP contribution >= 0.6 is 0 Å². The van der Waals surface area contributed by atoms with Crippen molar-refractivity contribution in [1.29, 1.82) is 0 Å². The zero-order chi connectivity index (χ0) is 14.2. The second-order valence-corrected chi connectivity index (χ2v) is 5.52. The molecule has 2 rings (SSSR count). The van der Waals surface area contributed by atoms with E-state index in [-0.39, 0.29) is 5.91 Å². The summed E-state index contributed by atoms with van der Waals surface area (Å²) in [7, 11) is 0. The van der Waals surface area contributed by atoms with Crippen LogP contribution in [0.15, 0.2) is 24.5 Å². The van der Waals surface area contributed by atoms with Crippen LogP contribution in [-0.2, 0) is 0 Å². The van der Waals surface area contributed by atoms with Gasteiger partial charge in [0.15, 0.2) is 0 Å². The largest absolute Gasteiger partial charge is 0.336 e. The Kier molecular flexibility index (Phi) is 5.99. The summed E-state index contributed by atoms with van der Waals surface area (Å²) in [5, 5.41) is 0. The molecule has 0 aliphatic heterocycles. The molecular formula is C16H25N3O. The van der Waals surface area contributed by atoms with Crippen LogP contribution in [0.2, 0.25) is 0 Å². The maximum atomic E-state index is 12.7. The smallest absolute Gasteiger partial charge is 0.254 e. The van der Waals surface area contributed by atoms with E-state index >= 15 is 0 Å². The van der Waals surface area contributed by atoms with Gasteiger partial charge in [-0.3, -0.25) is 9.78 Å². The van der Waals surface area contributed by atoms with E-state index in [1.165, 1.54) is 25.7 Å². The Labute approximate surface area is 121 Å². The van der Waals surface area contributed by atoms with Gasteiger partial charge in [0, 0.05) is 30.5 Å². The lowest BCUT2D eigenvalue weighted by Crippen LogP contribution is -2.41. The molecular weight excluding hydrogens is 250 g/mol. The number of nitrogens with zero attached hydrogens (tertiary/aromatic N) is 2. The molecule has 4 heteroatoms. The second kappa shape index (κ2) is 8.00. The van der Waals surface area contributed by atoms with Gasteiger partial charge < -0.3 is 10.6 Å². The Balaban J connectivity index is 2.11. The van der Waals surface area contributed by atoms with Crippen LogP contribution in [-0.4, -0.2) is 34.9 Å². The Morgan fingerprint density at radius 1 is 1.20 bits per heavy atom. The Bertz CT molecular complexity index is 399. The summed E-state index contributed by atoms with van der Waals surface area (Å²) in [5.41, 5.74) is 6.37. The number of amides is 1. The summed E-state index contributed by atoms with van der Waals surface area (Å²) in [6, 6.07) is 3.98. The Hall–Kier alpha value is -1.42. The third-order valence-corrected chi connectivity index (χ3v) is 4.06. The van der Waals surface area contributed by atoms with Gasteiger partial charge in [-0.25, -0.2) is 0 Å². The number of hydrogen-bond donors (Lipinski definition) is 1. The summed E-state index contributed by atoms with van der Waals surface area (Å²) in [6.07, 6.45) is 11.5. The fourth-order valence-electron chi connectivity index (χ4n) is 2.94. The number of nitrogens with two attached hydrogens (primary N) is 1. The number of rotatable bonds is 5. The summed E-state index contributed by atoms with van der Waals surface area (Å²) in [5.74, 6) is 0.132. The zero-order valence-corrected chi connectivity index (χ0v) is 12.1. The molecule has 2 N–H and O–H groups in total. The standard InChI is InChI=1S/C16H25N3O/c17-10-5-13-19(15-6-3-1-2-4-7-15)16(20)14-8-11-18-12-9-14/h8-9,11-12,15H,1-7,10,13,17H2. The van der Waals surface area contributed by atoms with Crippen molar-refractivity contribution in [2.45, 2.75) is 51.0 Å². The molecule has 1 aromatic rings. The van der Waals surface area contributed by atoms with E-state index in [1.807, 2.05) is 4.90 Å². The molecule has 0 aromatic carbocycles. The van der Waals surface area contributed by atoms with Crippen molar-refractivity contribution in [2.75, 3.05) is 13.1 Å². The average molecular weight is 275 g/mol. The lowest BCUT2D eigenvalue weighted by atomic mass is 10.1. The number of aromatic nitrogens is 1.